The first-order valence-corrected chi connectivity index (χ1v) is 22.2. The molecular formula is C43H45N5O12S2. The number of hydrogen-bond donors (Lipinski definition) is 2. The molecule has 17 nitrogen and oxygen atoms in total. The van der Waals surface area contributed by atoms with Crippen molar-refractivity contribution in [3.05, 3.63) is 93.7 Å². The predicted molar refractivity (Wildman–Crippen MR) is 228 cm³/mol. The highest BCUT2D eigenvalue weighted by molar-refractivity contribution is 8.77. The third kappa shape index (κ3) is 8.65. The molecule has 4 fully saturated rings. The largest absolute Gasteiger partial charge is 0.493 e. The monoisotopic (exact) mass is 887 g/mol. The summed E-state index contributed by atoms with van der Waals surface area (Å²) >= 11 is 0. The van der Waals surface area contributed by atoms with Crippen LogP contribution in [0, 0.1) is 16.0 Å². The molecule has 3 amide bonds. The van der Waals surface area contributed by atoms with Crippen LogP contribution in [0.3, 0.4) is 0 Å². The summed E-state index contributed by atoms with van der Waals surface area (Å²) in [4.78, 5) is 84.7. The molecule has 326 valence electrons. The molecular weight excluding hydrogens is 843 g/mol. The maximum absolute atomic E-state index is 14.2. The zero-order valence-electron chi connectivity index (χ0n) is 34.1. The molecule has 2 aliphatic carbocycles. The molecule has 4 atom stereocenters. The lowest BCUT2D eigenvalue weighted by atomic mass is 9.67. The molecule has 3 aromatic rings. The molecule has 4 heterocycles. The Morgan fingerprint density at radius 3 is 2.35 bits per heavy atom. The van der Waals surface area contributed by atoms with Crippen LogP contribution < -0.4 is 24.6 Å². The number of aliphatic hydroxyl groups excluding tert-OH is 1. The van der Waals surface area contributed by atoms with Crippen molar-refractivity contribution in [3.63, 3.8) is 0 Å². The maximum atomic E-state index is 14.2. The van der Waals surface area contributed by atoms with Crippen molar-refractivity contribution in [2.75, 3.05) is 45.8 Å². The van der Waals surface area contributed by atoms with E-state index in [4.69, 9.17) is 24.0 Å². The number of methoxy groups -OCH3 is 2. The third-order valence-corrected chi connectivity index (χ3v) is 15.3. The molecule has 19 heteroatoms. The molecule has 5 aliphatic rings. The van der Waals surface area contributed by atoms with Crippen molar-refractivity contribution in [1.82, 2.24) is 14.8 Å². The van der Waals surface area contributed by atoms with Crippen LogP contribution in [0.4, 0.5) is 16.2 Å². The Morgan fingerprint density at radius 1 is 0.984 bits per heavy atom. The van der Waals surface area contributed by atoms with E-state index in [1.165, 1.54) is 65.1 Å². The summed E-state index contributed by atoms with van der Waals surface area (Å²) < 4.78 is 16.6. The minimum absolute atomic E-state index is 0.00581. The zero-order valence-corrected chi connectivity index (χ0v) is 35.7. The van der Waals surface area contributed by atoms with Gasteiger partial charge in [-0.05, 0) is 91.0 Å². The quantitative estimate of drug-likeness (QED) is 0.0555. The second-order valence-corrected chi connectivity index (χ2v) is 18.8. The van der Waals surface area contributed by atoms with Crippen LogP contribution in [0.15, 0.2) is 71.9 Å². The van der Waals surface area contributed by atoms with E-state index in [2.05, 4.69) is 23.5 Å². The van der Waals surface area contributed by atoms with Gasteiger partial charge >= 0.3 is 6.09 Å². The van der Waals surface area contributed by atoms with E-state index in [1.807, 2.05) is 0 Å². The summed E-state index contributed by atoms with van der Waals surface area (Å²) in [6.07, 6.45) is 4.68. The first-order chi connectivity index (χ1) is 29.8. The molecule has 0 spiro atoms. The molecule has 1 aromatic heterocycles. The number of anilines is 1. The fourth-order valence-electron chi connectivity index (χ4n) is 8.35. The van der Waals surface area contributed by atoms with Crippen LogP contribution in [-0.2, 0) is 9.53 Å². The van der Waals surface area contributed by atoms with E-state index >= 15 is 0 Å². The zero-order chi connectivity index (χ0) is 43.9. The third-order valence-electron chi connectivity index (χ3n) is 12.1. The summed E-state index contributed by atoms with van der Waals surface area (Å²) in [5.41, 5.74) is 2.63. The molecule has 2 N–H and O–H groups in total. The lowest BCUT2D eigenvalue weighted by Crippen LogP contribution is -2.40. The van der Waals surface area contributed by atoms with Gasteiger partial charge in [0.25, 0.3) is 17.5 Å². The number of nitro groups is 1. The summed E-state index contributed by atoms with van der Waals surface area (Å²) in [6.45, 7) is 8.28. The lowest BCUT2D eigenvalue weighted by Gasteiger charge is -2.37. The Kier molecular flexibility index (Phi) is 12.1. The second-order valence-electron chi connectivity index (χ2n) is 16.2. The first kappa shape index (κ1) is 42.9. The average molecular weight is 888 g/mol. The molecule has 0 radical (unpaired) electrons. The van der Waals surface area contributed by atoms with Crippen LogP contribution >= 0.6 is 21.6 Å². The van der Waals surface area contributed by atoms with E-state index in [9.17, 15) is 34.4 Å². The molecule has 2 aromatic carbocycles. The number of ether oxygens (including phenoxy) is 3. The number of aliphatic hydroxyl groups is 1. The van der Waals surface area contributed by atoms with Gasteiger partial charge < -0.3 is 29.1 Å². The number of benzene rings is 2. The van der Waals surface area contributed by atoms with Crippen LogP contribution in [-0.4, -0.2) is 106 Å². The molecule has 3 unspecified atom stereocenters. The SMILES string of the molecule is C=C1CC2C(=O)CC3CCC3c3cc(OOc4cc(NC(=O)OCC5(SSc6ccc([N+](=O)[O-])cn6)CC5)c(C(=O)N5CC(=C)C[C@H]5CO)cc4OC)c(OC)cc3C(=O)N2C1. The topological polar surface area (TPSA) is 209 Å². The van der Waals surface area contributed by atoms with Gasteiger partial charge in [-0.2, -0.15) is 0 Å². The fraction of sp³-hybridized carbons (Fsp3) is 0.419. The first-order valence-electron chi connectivity index (χ1n) is 20.1. The van der Waals surface area contributed by atoms with Crippen molar-refractivity contribution in [2.24, 2.45) is 5.92 Å². The Labute approximate surface area is 364 Å². The Balaban J connectivity index is 1.04. The summed E-state index contributed by atoms with van der Waals surface area (Å²) in [5, 5.41) is 24.4. The highest BCUT2D eigenvalue weighted by Crippen LogP contribution is 2.55. The highest BCUT2D eigenvalue weighted by atomic mass is 33.1. The normalized spacial score (nSPS) is 22.2. The van der Waals surface area contributed by atoms with Crippen LogP contribution in [0.1, 0.15) is 77.1 Å². The number of amides is 3. The number of Topliss-reactive ketones (excluding diaryl/α,β-unsaturated/α-hetero) is 1. The van der Waals surface area contributed by atoms with Gasteiger partial charge in [0, 0.05) is 37.2 Å². The second kappa shape index (κ2) is 17.5. The number of rotatable bonds is 14. The predicted octanol–water partition coefficient (Wildman–Crippen LogP) is 6.90. The van der Waals surface area contributed by atoms with Gasteiger partial charge in [-0.25, -0.2) is 9.78 Å². The van der Waals surface area contributed by atoms with E-state index in [0.29, 0.717) is 42.0 Å². The maximum Gasteiger partial charge on any atom is 0.411 e. The fourth-order valence-corrected chi connectivity index (χ4v) is 10.9. The summed E-state index contributed by atoms with van der Waals surface area (Å²) in [6, 6.07) is 7.93. The Morgan fingerprint density at radius 2 is 1.71 bits per heavy atom. The van der Waals surface area contributed by atoms with Gasteiger partial charge in [0.15, 0.2) is 17.3 Å². The minimum atomic E-state index is -0.854. The number of nitrogens with zero attached hydrogens (tertiary/aromatic N) is 4. The van der Waals surface area contributed by atoms with Crippen molar-refractivity contribution in [2.45, 2.75) is 72.7 Å². The van der Waals surface area contributed by atoms with E-state index in [0.717, 1.165) is 36.8 Å². The number of ketones is 1. The van der Waals surface area contributed by atoms with E-state index in [-0.39, 0.29) is 83.2 Å². The van der Waals surface area contributed by atoms with E-state index in [1.54, 1.807) is 23.1 Å². The number of aromatic nitrogens is 1. The molecule has 2 saturated heterocycles. The number of nitrogens with one attached hydrogen (secondary N) is 1. The van der Waals surface area contributed by atoms with Gasteiger partial charge in [0.2, 0.25) is 11.5 Å². The molecule has 2 saturated carbocycles. The molecule has 3 aliphatic heterocycles. The highest BCUT2D eigenvalue weighted by Gasteiger charge is 2.46. The number of likely N-dealkylation sites (tertiary alicyclic amines) is 1. The average Bonchev–Trinajstić information content (AvgIpc) is 3.76. The van der Waals surface area contributed by atoms with Crippen molar-refractivity contribution in [3.8, 4) is 23.0 Å². The molecule has 0 bridgehead atoms. The van der Waals surface area contributed by atoms with Gasteiger partial charge in [0.1, 0.15) is 17.8 Å². The number of carbonyl (C=O) groups excluding carboxylic acids is 4. The van der Waals surface area contributed by atoms with Crippen LogP contribution in [0.25, 0.3) is 0 Å². The number of fused-ring (bicyclic) bond motifs is 4. The van der Waals surface area contributed by atoms with Crippen LogP contribution in [0.5, 0.6) is 23.0 Å². The number of carbonyl (C=O) groups is 4. The van der Waals surface area contributed by atoms with Gasteiger partial charge in [-0.3, -0.25) is 39.6 Å². The van der Waals surface area contributed by atoms with Gasteiger partial charge in [-0.15, -0.1) is 0 Å². The van der Waals surface area contributed by atoms with Gasteiger partial charge in [0.05, 0.1) is 53.8 Å². The number of hydrogen-bond acceptors (Lipinski definition) is 15. The van der Waals surface area contributed by atoms with Crippen LogP contribution in [0.2, 0.25) is 0 Å². The van der Waals surface area contributed by atoms with E-state index < -0.39 is 33.8 Å². The van der Waals surface area contributed by atoms with Gasteiger partial charge in [-0.1, -0.05) is 35.1 Å². The van der Waals surface area contributed by atoms with Crippen molar-refractivity contribution in [1.29, 1.82) is 0 Å². The summed E-state index contributed by atoms with van der Waals surface area (Å²) in [5.74, 6) is -0.376. The standard InChI is InChI=1S/C43H45N5O12S2/c1-23-11-27(21-49)46(19-23)41(52)31-16-36(57-4)38(17-32(31)45-42(53)58-22-43(9-10-43)62-61-39-8-6-26(18-44-39)48(54)55)60-59-37-14-29-28-7-5-25(28)13-34(50)33-12-24(2)20-47(33)40(51)30(29)15-35(37)56-3/h6,8,14-18,25,27-28,33,49H,1-2,5,7,9-13,19-22H2,3-4H3,(H,45,53)/t25?,27-,28?,33?/m0/s1. The summed E-state index contributed by atoms with van der Waals surface area (Å²) in [7, 11) is 5.58. The Bertz CT molecular complexity index is 2360. The smallest absolute Gasteiger partial charge is 0.411 e. The minimum Gasteiger partial charge on any atom is -0.493 e. The number of pyridine rings is 1. The van der Waals surface area contributed by atoms with Crippen molar-refractivity contribution < 1.29 is 53.2 Å². The lowest BCUT2D eigenvalue weighted by molar-refractivity contribution is -0.385. The molecule has 8 rings (SSSR count). The molecule has 62 heavy (non-hydrogen) atoms. The van der Waals surface area contributed by atoms with Crippen molar-refractivity contribution >= 4 is 56.7 Å². The Hall–Kier alpha value is -5.79.